The van der Waals surface area contributed by atoms with E-state index in [0.29, 0.717) is 39.0 Å². The topological polar surface area (TPSA) is 103 Å². The van der Waals surface area contributed by atoms with Crippen LogP contribution in [0.4, 0.5) is 21.0 Å². The van der Waals surface area contributed by atoms with E-state index in [1.54, 1.807) is 4.90 Å². The number of hydrogen-bond acceptors (Lipinski definition) is 7. The van der Waals surface area contributed by atoms with E-state index in [0.717, 1.165) is 59.1 Å². The van der Waals surface area contributed by atoms with Crippen molar-refractivity contribution in [1.29, 1.82) is 0 Å². The van der Waals surface area contributed by atoms with Gasteiger partial charge in [-0.1, -0.05) is 129 Å². The third-order valence-electron chi connectivity index (χ3n) is 15.1. The molecular formula is C54H57ClFIN8O2. The number of anilines is 2. The molecule has 2 atom stereocenters. The van der Waals surface area contributed by atoms with Crippen LogP contribution in [0.15, 0.2) is 109 Å². The maximum absolute atomic E-state index is 18.4. The minimum Gasteiger partial charge on any atom is -0.465 e. The van der Waals surface area contributed by atoms with E-state index >= 15 is 4.39 Å². The number of aryl methyl sites for hydroxylation is 1. The monoisotopic (exact) mass is 1030 g/mol. The number of rotatable bonds is 9. The Bertz CT molecular complexity index is 2890. The van der Waals surface area contributed by atoms with E-state index in [-0.39, 0.29) is 34.7 Å². The lowest BCUT2D eigenvalue weighted by Gasteiger charge is -2.56. The number of nitrogens with one attached hydrogen (secondary N) is 1. The molecule has 0 bridgehead atoms. The van der Waals surface area contributed by atoms with Gasteiger partial charge >= 0.3 is 6.09 Å². The summed E-state index contributed by atoms with van der Waals surface area (Å²) < 4.78 is 21.2. The molecule has 3 aliphatic rings. The Kier molecular flexibility index (Phi) is 11.8. The second kappa shape index (κ2) is 17.3. The number of piperazine rings is 1. The molecule has 2 N–H and O–H groups in total. The number of aromatic nitrogens is 4. The highest BCUT2D eigenvalue weighted by Gasteiger charge is 2.51. The van der Waals surface area contributed by atoms with Gasteiger partial charge in [-0.3, -0.25) is 4.90 Å². The fourth-order valence-electron chi connectivity index (χ4n) is 10.8. The van der Waals surface area contributed by atoms with E-state index in [2.05, 4.69) is 142 Å². The van der Waals surface area contributed by atoms with Gasteiger partial charge in [0.2, 0.25) is 5.95 Å². The van der Waals surface area contributed by atoms with Gasteiger partial charge in [-0.05, 0) is 109 Å². The summed E-state index contributed by atoms with van der Waals surface area (Å²) in [7, 11) is 0. The Labute approximate surface area is 410 Å². The summed E-state index contributed by atoms with van der Waals surface area (Å²) in [6, 6.07) is 37.7. The number of halogens is 3. The van der Waals surface area contributed by atoms with Crippen LogP contribution in [0.1, 0.15) is 82.6 Å². The molecule has 4 heterocycles. The molecule has 0 spiro atoms. The molecule has 346 valence electrons. The molecule has 5 aromatic carbocycles. The van der Waals surface area contributed by atoms with Crippen molar-refractivity contribution in [2.24, 2.45) is 5.41 Å². The zero-order chi connectivity index (χ0) is 47.0. The van der Waals surface area contributed by atoms with Crippen LogP contribution in [0.2, 0.25) is 5.02 Å². The fourth-order valence-corrected chi connectivity index (χ4v) is 11.9. The standard InChI is InChI=1S/C54H57ClFIN8O2/c1-33-22-25-42-45(48(57)61-65(42)54(35-16-10-7-11-17-35,36-18-12-8-13-19-36)37-20-14-9-15-21-37)43(33)44-41(55)30-40-47(46(44)56)59-50(58-38-26-28-62(29-27-38)39-23-24-39)60-49(40)63-32-53(6,52(3,4)5)64(51(66)67)31-34(63)2/h7-22,25,30,34,38-39H,23-24,26-29,31-32H2,1-6H3,(H,66,67)(H,58,59,60)/t34-,53-/m0/s1. The maximum atomic E-state index is 18.4. The SMILES string of the molecule is Cc1ccc2c(c(I)nn2C(c2ccccc2)(c2ccccc2)c2ccccc2)c1-c1c(Cl)cc2c(N3C[C@@](C)(C(C)(C)C)N(C(=O)O)C[C@@H]3C)nc(NC3CCN(C4CC4)CC3)nc2c1F. The fraction of sp³-hybridized carbons (Fsp3) is 0.370. The largest absolute Gasteiger partial charge is 0.465 e. The predicted octanol–water partition coefficient (Wildman–Crippen LogP) is 12.2. The minimum atomic E-state index is -0.967. The normalized spacial score (nSPS) is 19.9. The van der Waals surface area contributed by atoms with Gasteiger partial charge in [-0.2, -0.15) is 10.1 Å². The van der Waals surface area contributed by atoms with Crippen LogP contribution in [0, 0.1) is 21.9 Å². The summed E-state index contributed by atoms with van der Waals surface area (Å²) in [6.07, 6.45) is 3.42. The quantitative estimate of drug-likeness (QED) is 0.109. The van der Waals surface area contributed by atoms with E-state index in [1.807, 2.05) is 51.1 Å². The smallest absolute Gasteiger partial charge is 0.407 e. The van der Waals surface area contributed by atoms with Gasteiger partial charge in [-0.15, -0.1) is 0 Å². The van der Waals surface area contributed by atoms with E-state index in [9.17, 15) is 9.90 Å². The second-order valence-corrected chi connectivity index (χ2v) is 21.5. The molecule has 7 aromatic rings. The Morgan fingerprint density at radius 3 is 1.99 bits per heavy atom. The average Bonchev–Trinajstić information content (AvgIpc) is 4.12. The molecule has 2 aromatic heterocycles. The number of amides is 1. The van der Waals surface area contributed by atoms with Crippen LogP contribution in [-0.2, 0) is 5.54 Å². The number of benzene rings is 5. The van der Waals surface area contributed by atoms with Gasteiger partial charge in [0.15, 0.2) is 5.82 Å². The summed E-state index contributed by atoms with van der Waals surface area (Å²) in [4.78, 5) is 29.4. The second-order valence-electron chi connectivity index (χ2n) is 20.1. The van der Waals surface area contributed by atoms with Crippen LogP contribution in [0.5, 0.6) is 0 Å². The molecule has 10 nitrogen and oxygen atoms in total. The zero-order valence-electron chi connectivity index (χ0n) is 38.9. The first-order valence-electron chi connectivity index (χ1n) is 23.4. The molecule has 10 rings (SSSR count). The molecular weight excluding hydrogens is 974 g/mol. The molecule has 0 unspecified atom stereocenters. The number of piperidine rings is 1. The van der Waals surface area contributed by atoms with Crippen LogP contribution < -0.4 is 10.2 Å². The van der Waals surface area contributed by atoms with Crippen LogP contribution >= 0.6 is 34.2 Å². The average molecular weight is 1030 g/mol. The summed E-state index contributed by atoms with van der Waals surface area (Å²) in [5.41, 5.74) is 3.58. The molecule has 3 fully saturated rings. The van der Waals surface area contributed by atoms with Gasteiger partial charge < -0.3 is 20.2 Å². The van der Waals surface area contributed by atoms with Gasteiger partial charge in [-0.25, -0.2) is 18.9 Å². The molecule has 0 radical (unpaired) electrons. The van der Waals surface area contributed by atoms with Crippen molar-refractivity contribution in [1.82, 2.24) is 29.5 Å². The van der Waals surface area contributed by atoms with Crippen molar-refractivity contribution >= 4 is 73.9 Å². The molecule has 67 heavy (non-hydrogen) atoms. The lowest BCUT2D eigenvalue weighted by atomic mass is 9.71. The highest BCUT2D eigenvalue weighted by atomic mass is 127. The Balaban J connectivity index is 1.19. The molecule has 1 amide bonds. The van der Waals surface area contributed by atoms with Crippen molar-refractivity contribution in [2.45, 2.75) is 96.4 Å². The van der Waals surface area contributed by atoms with Gasteiger partial charge in [0.05, 0.1) is 16.1 Å². The van der Waals surface area contributed by atoms with Crippen LogP contribution in [0.3, 0.4) is 0 Å². The van der Waals surface area contributed by atoms with Crippen LogP contribution in [-0.4, -0.2) is 90.6 Å². The number of hydrogen-bond donors (Lipinski definition) is 2. The molecule has 13 heteroatoms. The number of likely N-dealkylation sites (tertiary alicyclic amines) is 1. The van der Waals surface area contributed by atoms with E-state index < -0.39 is 28.4 Å². The minimum absolute atomic E-state index is 0.110. The van der Waals surface area contributed by atoms with E-state index in [1.165, 1.54) is 12.8 Å². The van der Waals surface area contributed by atoms with Gasteiger partial charge in [0.1, 0.15) is 20.6 Å². The Morgan fingerprint density at radius 2 is 1.45 bits per heavy atom. The van der Waals surface area contributed by atoms with Crippen molar-refractivity contribution in [3.05, 3.63) is 146 Å². The lowest BCUT2D eigenvalue weighted by Crippen LogP contribution is -2.70. The third-order valence-corrected chi connectivity index (χ3v) is 16.2. The highest BCUT2D eigenvalue weighted by Crippen LogP contribution is 2.49. The van der Waals surface area contributed by atoms with Crippen LogP contribution in [0.25, 0.3) is 32.9 Å². The molecule has 1 saturated carbocycles. The first-order chi connectivity index (χ1) is 32.1. The lowest BCUT2D eigenvalue weighted by molar-refractivity contribution is -0.00146. The maximum Gasteiger partial charge on any atom is 0.407 e. The Morgan fingerprint density at radius 1 is 0.866 bits per heavy atom. The molecule has 2 saturated heterocycles. The van der Waals surface area contributed by atoms with Gasteiger partial charge in [0.25, 0.3) is 0 Å². The highest BCUT2D eigenvalue weighted by molar-refractivity contribution is 14.1. The van der Waals surface area contributed by atoms with E-state index in [4.69, 9.17) is 26.7 Å². The number of carboxylic acid groups (broad SMARTS) is 1. The zero-order valence-corrected chi connectivity index (χ0v) is 41.8. The summed E-state index contributed by atoms with van der Waals surface area (Å²) >= 11 is 9.78. The first-order valence-corrected chi connectivity index (χ1v) is 24.9. The molecule has 2 aliphatic heterocycles. The summed E-state index contributed by atoms with van der Waals surface area (Å²) in [5, 5.41) is 21.1. The predicted molar refractivity (Wildman–Crippen MR) is 276 cm³/mol. The summed E-state index contributed by atoms with van der Waals surface area (Å²) in [6.45, 7) is 14.7. The van der Waals surface area contributed by atoms with Gasteiger partial charge in [0, 0.05) is 66.2 Å². The van der Waals surface area contributed by atoms with Crippen molar-refractivity contribution in [2.75, 3.05) is 36.4 Å². The number of carbonyl (C=O) groups is 1. The Hall–Kier alpha value is -5.31. The number of nitrogens with zero attached hydrogens (tertiary/aromatic N) is 7. The molecule has 1 aliphatic carbocycles. The summed E-state index contributed by atoms with van der Waals surface area (Å²) in [5.74, 6) is 0.326. The third kappa shape index (κ3) is 7.71. The van der Waals surface area contributed by atoms with Crippen molar-refractivity contribution in [3.8, 4) is 11.1 Å². The van der Waals surface area contributed by atoms with Crippen molar-refractivity contribution in [3.63, 3.8) is 0 Å². The van der Waals surface area contributed by atoms with Crippen molar-refractivity contribution < 1.29 is 14.3 Å². The number of fused-ring (bicyclic) bond motifs is 2. The first kappa shape index (κ1) is 45.5.